The number of hydrogen-bond donors (Lipinski definition) is 1. The van der Waals surface area contributed by atoms with Gasteiger partial charge in [0, 0.05) is 0 Å². The van der Waals surface area contributed by atoms with Crippen LogP contribution < -0.4 is 0 Å². The van der Waals surface area contributed by atoms with Gasteiger partial charge < -0.3 is 14.6 Å². The average Bonchev–Trinajstić information content (AvgIpc) is 2.23. The quantitative estimate of drug-likeness (QED) is 0.529. The van der Waals surface area contributed by atoms with E-state index in [9.17, 15) is 14.4 Å². The summed E-state index contributed by atoms with van der Waals surface area (Å²) in [5.41, 5.74) is 0. The third kappa shape index (κ3) is 7.32. The standard InChI is InChI=1S/C11H18O6/c1-7(2)11(15)17-5-4-16-9(12)6-8(3)10(13)14/h7-8H,4-6H2,1-3H3,(H,13,14). The number of ether oxygens (including phenoxy) is 2. The maximum atomic E-state index is 11.1. The Balaban J connectivity index is 3.65. The first-order valence-electron chi connectivity index (χ1n) is 5.39. The molecular formula is C11H18O6. The predicted molar refractivity (Wildman–Crippen MR) is 58.2 cm³/mol. The Morgan fingerprint density at radius 2 is 1.59 bits per heavy atom. The van der Waals surface area contributed by atoms with Gasteiger partial charge >= 0.3 is 17.9 Å². The van der Waals surface area contributed by atoms with Gasteiger partial charge in [0.2, 0.25) is 0 Å². The van der Waals surface area contributed by atoms with Crippen LogP contribution in [0.3, 0.4) is 0 Å². The third-order valence-corrected chi connectivity index (χ3v) is 1.96. The number of carbonyl (C=O) groups excluding carboxylic acids is 2. The van der Waals surface area contributed by atoms with E-state index in [4.69, 9.17) is 14.6 Å². The van der Waals surface area contributed by atoms with Crippen molar-refractivity contribution in [3.8, 4) is 0 Å². The monoisotopic (exact) mass is 246 g/mol. The lowest BCUT2D eigenvalue weighted by Gasteiger charge is -2.09. The Labute approximate surface area is 99.9 Å². The Bertz CT molecular complexity index is 284. The minimum Gasteiger partial charge on any atom is -0.481 e. The largest absolute Gasteiger partial charge is 0.481 e. The fraction of sp³-hybridized carbons (Fsp3) is 0.727. The molecule has 6 heteroatoms. The van der Waals surface area contributed by atoms with E-state index >= 15 is 0 Å². The smallest absolute Gasteiger partial charge is 0.308 e. The maximum Gasteiger partial charge on any atom is 0.308 e. The molecule has 1 atom stereocenters. The molecule has 0 aromatic carbocycles. The van der Waals surface area contributed by atoms with E-state index in [-0.39, 0.29) is 31.5 Å². The van der Waals surface area contributed by atoms with Gasteiger partial charge in [0.15, 0.2) is 0 Å². The minimum absolute atomic E-state index is 0.00972. The van der Waals surface area contributed by atoms with Gasteiger partial charge in [-0.2, -0.15) is 0 Å². The molecule has 0 radical (unpaired) electrons. The van der Waals surface area contributed by atoms with E-state index in [1.165, 1.54) is 6.92 Å². The highest BCUT2D eigenvalue weighted by Crippen LogP contribution is 2.03. The van der Waals surface area contributed by atoms with Crippen molar-refractivity contribution in [1.29, 1.82) is 0 Å². The lowest BCUT2D eigenvalue weighted by molar-refractivity contribution is -0.156. The normalized spacial score (nSPS) is 12.0. The first kappa shape index (κ1) is 15.4. The summed E-state index contributed by atoms with van der Waals surface area (Å²) in [5, 5.41) is 8.56. The number of carboxylic acid groups (broad SMARTS) is 1. The second kappa shape index (κ2) is 7.65. The summed E-state index contributed by atoms with van der Waals surface area (Å²) in [6, 6.07) is 0. The lowest BCUT2D eigenvalue weighted by atomic mass is 10.1. The second-order valence-electron chi connectivity index (χ2n) is 3.99. The zero-order valence-electron chi connectivity index (χ0n) is 10.3. The fourth-order valence-corrected chi connectivity index (χ4v) is 0.861. The van der Waals surface area contributed by atoms with Crippen LogP contribution in [-0.2, 0) is 23.9 Å². The molecule has 0 spiro atoms. The van der Waals surface area contributed by atoms with Crippen LogP contribution in [0.1, 0.15) is 27.2 Å². The molecule has 0 saturated carbocycles. The molecule has 0 fully saturated rings. The Kier molecular flexibility index (Phi) is 6.93. The molecule has 1 N–H and O–H groups in total. The fourth-order valence-electron chi connectivity index (χ4n) is 0.861. The third-order valence-electron chi connectivity index (χ3n) is 1.96. The first-order chi connectivity index (χ1) is 7.84. The van der Waals surface area contributed by atoms with Crippen molar-refractivity contribution in [2.75, 3.05) is 13.2 Å². The van der Waals surface area contributed by atoms with Crippen LogP contribution in [0.4, 0.5) is 0 Å². The molecule has 0 heterocycles. The highest BCUT2D eigenvalue weighted by atomic mass is 16.6. The Hall–Kier alpha value is -1.59. The van der Waals surface area contributed by atoms with Gasteiger partial charge in [0.1, 0.15) is 13.2 Å². The number of rotatable bonds is 7. The van der Waals surface area contributed by atoms with Crippen LogP contribution in [-0.4, -0.2) is 36.2 Å². The molecule has 0 aliphatic rings. The molecular weight excluding hydrogens is 228 g/mol. The lowest BCUT2D eigenvalue weighted by Crippen LogP contribution is -2.20. The van der Waals surface area contributed by atoms with E-state index in [2.05, 4.69) is 0 Å². The van der Waals surface area contributed by atoms with Crippen LogP contribution in [0.15, 0.2) is 0 Å². The van der Waals surface area contributed by atoms with Crippen LogP contribution >= 0.6 is 0 Å². The molecule has 0 aromatic heterocycles. The summed E-state index contributed by atoms with van der Waals surface area (Å²) >= 11 is 0. The van der Waals surface area contributed by atoms with Gasteiger partial charge in [-0.05, 0) is 0 Å². The molecule has 0 rings (SSSR count). The SMILES string of the molecule is CC(C)C(=O)OCCOC(=O)CC(C)C(=O)O. The summed E-state index contributed by atoms with van der Waals surface area (Å²) in [6.07, 6.45) is -0.187. The number of carbonyl (C=O) groups is 3. The minimum atomic E-state index is -1.05. The maximum absolute atomic E-state index is 11.1. The molecule has 0 aromatic rings. The summed E-state index contributed by atoms with van der Waals surface area (Å²) in [6.45, 7) is 4.75. The van der Waals surface area contributed by atoms with E-state index in [0.29, 0.717) is 0 Å². The van der Waals surface area contributed by atoms with Gasteiger partial charge in [0.25, 0.3) is 0 Å². The van der Waals surface area contributed by atoms with Crippen molar-refractivity contribution in [2.45, 2.75) is 27.2 Å². The van der Waals surface area contributed by atoms with Gasteiger partial charge in [-0.15, -0.1) is 0 Å². The Morgan fingerprint density at radius 1 is 1.06 bits per heavy atom. The molecule has 17 heavy (non-hydrogen) atoms. The van der Waals surface area contributed by atoms with Crippen LogP contribution in [0, 0.1) is 11.8 Å². The highest BCUT2D eigenvalue weighted by Gasteiger charge is 2.16. The molecule has 98 valence electrons. The Morgan fingerprint density at radius 3 is 2.06 bits per heavy atom. The highest BCUT2D eigenvalue weighted by molar-refractivity contribution is 5.78. The van der Waals surface area contributed by atoms with E-state index in [1.807, 2.05) is 0 Å². The van der Waals surface area contributed by atoms with Crippen LogP contribution in [0.2, 0.25) is 0 Å². The van der Waals surface area contributed by atoms with Crippen molar-refractivity contribution >= 4 is 17.9 Å². The van der Waals surface area contributed by atoms with Crippen molar-refractivity contribution in [2.24, 2.45) is 11.8 Å². The van der Waals surface area contributed by atoms with Gasteiger partial charge in [0.05, 0.1) is 18.3 Å². The van der Waals surface area contributed by atoms with E-state index in [1.54, 1.807) is 13.8 Å². The number of hydrogen-bond acceptors (Lipinski definition) is 5. The molecule has 0 amide bonds. The summed E-state index contributed by atoms with van der Waals surface area (Å²) in [7, 11) is 0. The van der Waals surface area contributed by atoms with Crippen LogP contribution in [0.25, 0.3) is 0 Å². The topological polar surface area (TPSA) is 89.9 Å². The second-order valence-corrected chi connectivity index (χ2v) is 3.99. The van der Waals surface area contributed by atoms with E-state index < -0.39 is 17.9 Å². The molecule has 6 nitrogen and oxygen atoms in total. The zero-order valence-corrected chi connectivity index (χ0v) is 10.3. The van der Waals surface area contributed by atoms with E-state index in [0.717, 1.165) is 0 Å². The number of carboxylic acids is 1. The van der Waals surface area contributed by atoms with Crippen molar-refractivity contribution in [3.05, 3.63) is 0 Å². The first-order valence-corrected chi connectivity index (χ1v) is 5.39. The van der Waals surface area contributed by atoms with Crippen LogP contribution in [0.5, 0.6) is 0 Å². The average molecular weight is 246 g/mol. The van der Waals surface area contributed by atoms with Gasteiger partial charge in [-0.3, -0.25) is 14.4 Å². The molecule has 0 saturated heterocycles. The van der Waals surface area contributed by atoms with Gasteiger partial charge in [-0.1, -0.05) is 20.8 Å². The number of esters is 2. The summed E-state index contributed by atoms with van der Waals surface area (Å²) in [4.78, 5) is 32.6. The predicted octanol–water partition coefficient (Wildman–Crippen LogP) is 0.840. The zero-order chi connectivity index (χ0) is 13.4. The summed E-state index contributed by atoms with van der Waals surface area (Å²) in [5.74, 6) is -3.02. The molecule has 0 aliphatic heterocycles. The van der Waals surface area contributed by atoms with Crippen molar-refractivity contribution in [1.82, 2.24) is 0 Å². The summed E-state index contributed by atoms with van der Waals surface area (Å²) < 4.78 is 9.49. The molecule has 1 unspecified atom stereocenters. The van der Waals surface area contributed by atoms with Gasteiger partial charge in [-0.25, -0.2) is 0 Å². The molecule has 0 bridgehead atoms. The van der Waals surface area contributed by atoms with Crippen molar-refractivity contribution < 1.29 is 29.0 Å². The van der Waals surface area contributed by atoms with Crippen molar-refractivity contribution in [3.63, 3.8) is 0 Å². The molecule has 0 aliphatic carbocycles. The number of aliphatic carboxylic acids is 1.